The Morgan fingerprint density at radius 3 is 2.62 bits per heavy atom. The molecule has 26 heavy (non-hydrogen) atoms. The quantitative estimate of drug-likeness (QED) is 0.816. The first-order chi connectivity index (χ1) is 12.4. The highest BCUT2D eigenvalue weighted by Crippen LogP contribution is 2.40. The molecule has 0 radical (unpaired) electrons. The van der Waals surface area contributed by atoms with Gasteiger partial charge in [-0.3, -0.25) is 9.59 Å². The molecule has 4 rings (SSSR count). The standard InChI is InChI=1S/C19H22Cl2N2O3/c20-12-6-14(18(25)15(21)7-12)19(26)22-16-8-13-5-11(16)9-23(13)17(24)4-10-2-1-3-10/h6-7,10-11,13,16,25H,1-5,8-9H2,(H,22,26)/t11-,13-,16+/m1/s1. The Balaban J connectivity index is 1.37. The lowest BCUT2D eigenvalue weighted by Crippen LogP contribution is -2.48. The zero-order valence-electron chi connectivity index (χ0n) is 14.4. The van der Waals surface area contributed by atoms with Crippen molar-refractivity contribution >= 4 is 35.0 Å². The number of carbonyl (C=O) groups is 2. The summed E-state index contributed by atoms with van der Waals surface area (Å²) in [5.74, 6) is 0.482. The fraction of sp³-hybridized carbons (Fsp3) is 0.579. The molecule has 5 nitrogen and oxygen atoms in total. The number of hydrogen-bond acceptors (Lipinski definition) is 3. The maximum Gasteiger partial charge on any atom is 0.255 e. The highest BCUT2D eigenvalue weighted by Gasteiger charge is 2.47. The molecular weight excluding hydrogens is 375 g/mol. The summed E-state index contributed by atoms with van der Waals surface area (Å²) >= 11 is 11.8. The Morgan fingerprint density at radius 1 is 1.23 bits per heavy atom. The predicted octanol–water partition coefficient (Wildman–Crippen LogP) is 3.61. The van der Waals surface area contributed by atoms with Gasteiger partial charge in [0.05, 0.1) is 10.6 Å². The van der Waals surface area contributed by atoms with Gasteiger partial charge in [-0.25, -0.2) is 0 Å². The predicted molar refractivity (Wildman–Crippen MR) is 99.6 cm³/mol. The van der Waals surface area contributed by atoms with E-state index >= 15 is 0 Å². The van der Waals surface area contributed by atoms with Gasteiger partial charge in [0.15, 0.2) is 0 Å². The monoisotopic (exact) mass is 396 g/mol. The van der Waals surface area contributed by atoms with Gasteiger partial charge in [-0.2, -0.15) is 0 Å². The number of hydrogen-bond donors (Lipinski definition) is 2. The van der Waals surface area contributed by atoms with E-state index in [1.807, 2.05) is 4.90 Å². The fourth-order valence-corrected chi connectivity index (χ4v) is 4.98. The van der Waals surface area contributed by atoms with Crippen molar-refractivity contribution < 1.29 is 14.7 Å². The second-order valence-corrected chi connectivity index (χ2v) is 8.64. The van der Waals surface area contributed by atoms with Crippen LogP contribution < -0.4 is 5.32 Å². The summed E-state index contributed by atoms with van der Waals surface area (Å²) in [6, 6.07) is 3.05. The number of carbonyl (C=O) groups excluding carboxylic acids is 2. The molecule has 140 valence electrons. The average Bonchev–Trinajstić information content (AvgIpc) is 3.14. The molecule has 1 saturated heterocycles. The molecule has 0 unspecified atom stereocenters. The number of piperidine rings is 1. The number of amides is 2. The van der Waals surface area contributed by atoms with Gasteiger partial charge in [0.1, 0.15) is 5.75 Å². The third-order valence-corrected chi connectivity index (χ3v) is 6.65. The molecule has 1 aromatic carbocycles. The van der Waals surface area contributed by atoms with Crippen molar-refractivity contribution in [1.29, 1.82) is 0 Å². The molecule has 2 amide bonds. The van der Waals surface area contributed by atoms with Crippen molar-refractivity contribution in [3.63, 3.8) is 0 Å². The summed E-state index contributed by atoms with van der Waals surface area (Å²) in [7, 11) is 0. The number of halogens is 2. The smallest absolute Gasteiger partial charge is 0.255 e. The minimum atomic E-state index is -0.378. The summed E-state index contributed by atoms with van der Waals surface area (Å²) in [6.45, 7) is 0.712. The average molecular weight is 397 g/mol. The van der Waals surface area contributed by atoms with E-state index in [1.54, 1.807) is 0 Å². The van der Waals surface area contributed by atoms with Gasteiger partial charge < -0.3 is 15.3 Å². The lowest BCUT2D eigenvalue weighted by Gasteiger charge is -2.34. The first-order valence-electron chi connectivity index (χ1n) is 9.20. The lowest BCUT2D eigenvalue weighted by atomic mass is 9.82. The number of aromatic hydroxyl groups is 1. The van der Waals surface area contributed by atoms with Crippen LogP contribution in [0.2, 0.25) is 10.0 Å². The molecule has 0 spiro atoms. The Hall–Kier alpha value is -1.46. The highest BCUT2D eigenvalue weighted by molar-refractivity contribution is 6.36. The second kappa shape index (κ2) is 6.93. The molecule has 3 fully saturated rings. The van der Waals surface area contributed by atoms with E-state index in [4.69, 9.17) is 23.2 Å². The molecular formula is C19H22Cl2N2O3. The number of fused-ring (bicyclic) bond motifs is 2. The van der Waals surface area contributed by atoms with E-state index in [2.05, 4.69) is 5.32 Å². The van der Waals surface area contributed by atoms with Gasteiger partial charge in [0.2, 0.25) is 5.91 Å². The third kappa shape index (κ3) is 3.27. The number of nitrogens with one attached hydrogen (secondary N) is 1. The van der Waals surface area contributed by atoms with E-state index in [1.165, 1.54) is 31.4 Å². The van der Waals surface area contributed by atoms with Gasteiger partial charge in [-0.1, -0.05) is 29.6 Å². The SMILES string of the molecule is O=C(N[C@H]1C[C@H]2C[C@@H]1CN2C(=O)CC1CCC1)c1cc(Cl)cc(Cl)c1O. The summed E-state index contributed by atoms with van der Waals surface area (Å²) in [5, 5.41) is 13.4. The van der Waals surface area contributed by atoms with Crippen molar-refractivity contribution in [1.82, 2.24) is 10.2 Å². The van der Waals surface area contributed by atoms with E-state index in [0.29, 0.717) is 23.9 Å². The molecule has 2 aliphatic carbocycles. The van der Waals surface area contributed by atoms with Crippen molar-refractivity contribution in [3.8, 4) is 5.75 Å². The van der Waals surface area contributed by atoms with Crippen molar-refractivity contribution in [2.45, 2.75) is 50.6 Å². The first kappa shape index (κ1) is 17.9. The minimum Gasteiger partial charge on any atom is -0.506 e. The zero-order chi connectivity index (χ0) is 18.4. The number of nitrogens with zero attached hydrogens (tertiary/aromatic N) is 1. The van der Waals surface area contributed by atoms with Crippen molar-refractivity contribution in [2.24, 2.45) is 11.8 Å². The molecule has 1 aromatic rings. The number of likely N-dealkylation sites (tertiary alicyclic amines) is 1. The summed E-state index contributed by atoms with van der Waals surface area (Å²) in [6.07, 6.45) is 5.98. The molecule has 1 heterocycles. The fourth-order valence-electron chi connectivity index (χ4n) is 4.48. The van der Waals surface area contributed by atoms with Gasteiger partial charge in [0.25, 0.3) is 5.91 Å². The van der Waals surface area contributed by atoms with Crippen LogP contribution in [0.15, 0.2) is 12.1 Å². The van der Waals surface area contributed by atoms with Gasteiger partial charge in [-0.15, -0.1) is 0 Å². The molecule has 1 aliphatic heterocycles. The maximum atomic E-state index is 12.5. The molecule has 3 atom stereocenters. The molecule has 2 N–H and O–H groups in total. The Kier molecular flexibility index (Phi) is 4.78. The van der Waals surface area contributed by atoms with Crippen LogP contribution >= 0.6 is 23.2 Å². The van der Waals surface area contributed by atoms with E-state index in [9.17, 15) is 14.7 Å². The van der Waals surface area contributed by atoms with Crippen LogP contribution in [0.25, 0.3) is 0 Å². The number of phenolic OH excluding ortho intramolecular Hbond substituents is 1. The van der Waals surface area contributed by atoms with Gasteiger partial charge in [-0.05, 0) is 49.7 Å². The molecule has 2 bridgehead atoms. The molecule has 0 aromatic heterocycles. The van der Waals surface area contributed by atoms with Gasteiger partial charge in [0, 0.05) is 30.1 Å². The maximum absolute atomic E-state index is 12.5. The number of rotatable bonds is 4. The second-order valence-electron chi connectivity index (χ2n) is 7.80. The van der Waals surface area contributed by atoms with Crippen molar-refractivity contribution in [2.75, 3.05) is 6.54 Å². The van der Waals surface area contributed by atoms with E-state index in [0.717, 1.165) is 12.8 Å². The van der Waals surface area contributed by atoms with Crippen LogP contribution in [-0.4, -0.2) is 40.4 Å². The minimum absolute atomic E-state index is 0.0115. The molecule has 2 saturated carbocycles. The Labute approximate surface area is 162 Å². The van der Waals surface area contributed by atoms with E-state index < -0.39 is 0 Å². The Morgan fingerprint density at radius 2 is 2.00 bits per heavy atom. The van der Waals surface area contributed by atoms with Crippen LogP contribution in [0.1, 0.15) is 48.9 Å². The largest absolute Gasteiger partial charge is 0.506 e. The summed E-state index contributed by atoms with van der Waals surface area (Å²) in [5.41, 5.74) is 0.0863. The Bertz CT molecular complexity index is 751. The van der Waals surface area contributed by atoms with Crippen molar-refractivity contribution in [3.05, 3.63) is 27.7 Å². The van der Waals surface area contributed by atoms with Crippen LogP contribution in [0.5, 0.6) is 5.75 Å². The first-order valence-corrected chi connectivity index (χ1v) is 9.96. The van der Waals surface area contributed by atoms with Crippen LogP contribution in [0.3, 0.4) is 0 Å². The van der Waals surface area contributed by atoms with Crippen LogP contribution in [0, 0.1) is 11.8 Å². The van der Waals surface area contributed by atoms with Crippen LogP contribution in [0.4, 0.5) is 0 Å². The summed E-state index contributed by atoms with van der Waals surface area (Å²) < 4.78 is 0. The number of benzene rings is 1. The number of phenols is 1. The third-order valence-electron chi connectivity index (χ3n) is 6.14. The summed E-state index contributed by atoms with van der Waals surface area (Å²) in [4.78, 5) is 27.0. The van der Waals surface area contributed by atoms with E-state index in [-0.39, 0.29) is 46.2 Å². The van der Waals surface area contributed by atoms with Gasteiger partial charge >= 0.3 is 0 Å². The highest BCUT2D eigenvalue weighted by atomic mass is 35.5. The molecule has 7 heteroatoms. The zero-order valence-corrected chi connectivity index (χ0v) is 15.9. The normalized spacial score (nSPS) is 27.5. The molecule has 3 aliphatic rings. The topological polar surface area (TPSA) is 69.6 Å². The lowest BCUT2D eigenvalue weighted by molar-refractivity contribution is -0.134. The van der Waals surface area contributed by atoms with Crippen LogP contribution in [-0.2, 0) is 4.79 Å².